The molecule has 0 spiro atoms. The van der Waals surface area contributed by atoms with Crippen LogP contribution in [-0.4, -0.2) is 30.7 Å². The van der Waals surface area contributed by atoms with Crippen LogP contribution in [0.1, 0.15) is 6.92 Å². The summed E-state index contributed by atoms with van der Waals surface area (Å²) in [6.07, 6.45) is 6.59. The van der Waals surface area contributed by atoms with Crippen molar-refractivity contribution in [1.29, 1.82) is 0 Å². The van der Waals surface area contributed by atoms with E-state index in [1.54, 1.807) is 29.9 Å². The second kappa shape index (κ2) is 7.17. The van der Waals surface area contributed by atoms with Crippen LogP contribution < -0.4 is 5.32 Å². The zero-order valence-electron chi connectivity index (χ0n) is 14.6. The molecule has 4 rings (SSSR count). The first kappa shape index (κ1) is 16.6. The highest BCUT2D eigenvalue weighted by atomic mass is 16.1. The zero-order valence-corrected chi connectivity index (χ0v) is 14.6. The molecule has 0 saturated carbocycles. The molecule has 0 aliphatic heterocycles. The van der Waals surface area contributed by atoms with Crippen LogP contribution in [-0.2, 0) is 4.79 Å². The van der Waals surface area contributed by atoms with Crippen LogP contribution in [0.25, 0.3) is 28.3 Å². The third-order valence-electron chi connectivity index (χ3n) is 3.95. The van der Waals surface area contributed by atoms with Gasteiger partial charge in [0.1, 0.15) is 0 Å². The number of carbonyl (C=O) groups excluding carboxylic acids is 1. The van der Waals surface area contributed by atoms with E-state index in [4.69, 9.17) is 0 Å². The number of benzene rings is 1. The van der Waals surface area contributed by atoms with E-state index in [0.717, 1.165) is 16.8 Å². The average molecular weight is 356 g/mol. The number of nitrogens with zero attached hydrogens (tertiary/aromatic N) is 5. The molecular weight excluding hydrogens is 340 g/mol. The van der Waals surface area contributed by atoms with Gasteiger partial charge in [0.25, 0.3) is 0 Å². The number of carbonyl (C=O) groups is 1. The van der Waals surface area contributed by atoms with E-state index in [0.29, 0.717) is 17.2 Å². The molecular formula is C20H16N6O. The van der Waals surface area contributed by atoms with E-state index >= 15 is 0 Å². The van der Waals surface area contributed by atoms with Gasteiger partial charge in [0.05, 0.1) is 5.69 Å². The Balaban J connectivity index is 1.73. The van der Waals surface area contributed by atoms with Crippen molar-refractivity contribution in [3.05, 3.63) is 73.1 Å². The quantitative estimate of drug-likeness (QED) is 0.567. The molecule has 7 nitrogen and oxygen atoms in total. The number of rotatable bonds is 4. The van der Waals surface area contributed by atoms with Crippen molar-refractivity contribution >= 4 is 17.2 Å². The summed E-state index contributed by atoms with van der Waals surface area (Å²) in [7, 11) is 0. The van der Waals surface area contributed by atoms with E-state index in [1.165, 1.54) is 6.08 Å². The number of fused-ring (bicyclic) bond motifs is 1. The molecule has 0 fully saturated rings. The lowest BCUT2D eigenvalue weighted by Crippen LogP contribution is -2.07. The van der Waals surface area contributed by atoms with Crippen LogP contribution in [0.5, 0.6) is 0 Å². The molecule has 0 unspecified atom stereocenters. The lowest BCUT2D eigenvalue weighted by Gasteiger charge is -2.06. The molecule has 0 atom stereocenters. The number of allylic oxidation sites excluding steroid dienone is 1. The highest BCUT2D eigenvalue weighted by molar-refractivity contribution is 5.99. The van der Waals surface area contributed by atoms with Gasteiger partial charge in [0, 0.05) is 29.2 Å². The number of aromatic nitrogens is 5. The Hall–Kier alpha value is -3.87. The van der Waals surface area contributed by atoms with Crippen molar-refractivity contribution in [2.24, 2.45) is 0 Å². The normalized spacial score (nSPS) is 11.1. The smallest absolute Gasteiger partial charge is 0.248 e. The molecule has 132 valence electrons. The Morgan fingerprint density at radius 3 is 2.70 bits per heavy atom. The van der Waals surface area contributed by atoms with Gasteiger partial charge in [0.15, 0.2) is 11.5 Å². The van der Waals surface area contributed by atoms with E-state index in [9.17, 15) is 4.79 Å². The number of hydrogen-bond donors (Lipinski definition) is 1. The summed E-state index contributed by atoms with van der Waals surface area (Å²) in [4.78, 5) is 15.8. The van der Waals surface area contributed by atoms with Gasteiger partial charge in [-0.05, 0) is 49.4 Å². The largest absolute Gasteiger partial charge is 0.323 e. The maximum atomic E-state index is 11.8. The topological polar surface area (TPSA) is 85.1 Å². The van der Waals surface area contributed by atoms with Crippen molar-refractivity contribution in [2.75, 3.05) is 5.32 Å². The van der Waals surface area contributed by atoms with Crippen LogP contribution in [0.15, 0.2) is 73.1 Å². The summed E-state index contributed by atoms with van der Waals surface area (Å²) < 4.78 is 1.70. The Labute approximate surface area is 155 Å². The monoisotopic (exact) mass is 356 g/mol. The van der Waals surface area contributed by atoms with Crippen LogP contribution in [0, 0.1) is 0 Å². The highest BCUT2D eigenvalue weighted by Gasteiger charge is 2.11. The van der Waals surface area contributed by atoms with Gasteiger partial charge in [-0.25, -0.2) is 0 Å². The third-order valence-corrected chi connectivity index (χ3v) is 3.95. The van der Waals surface area contributed by atoms with Gasteiger partial charge in [-0.1, -0.05) is 18.2 Å². The fourth-order valence-electron chi connectivity index (χ4n) is 2.72. The SMILES string of the molecule is C/C=C/C(=O)Nc1cccc(-c2ccc3nnc(-c4ccncc4)n3n2)c1. The molecule has 0 aliphatic carbocycles. The van der Waals surface area contributed by atoms with E-state index in [-0.39, 0.29) is 5.91 Å². The predicted molar refractivity (Wildman–Crippen MR) is 103 cm³/mol. The molecule has 7 heteroatoms. The molecule has 27 heavy (non-hydrogen) atoms. The number of nitrogens with one attached hydrogen (secondary N) is 1. The Morgan fingerprint density at radius 2 is 1.89 bits per heavy atom. The fraction of sp³-hybridized carbons (Fsp3) is 0.0500. The van der Waals surface area contributed by atoms with Crippen molar-refractivity contribution in [3.8, 4) is 22.6 Å². The Kier molecular flexibility index (Phi) is 4.40. The molecule has 0 radical (unpaired) electrons. The molecule has 1 N–H and O–H groups in total. The average Bonchev–Trinajstić information content (AvgIpc) is 3.12. The van der Waals surface area contributed by atoms with Crippen LogP contribution in [0.2, 0.25) is 0 Å². The minimum absolute atomic E-state index is 0.170. The number of pyridine rings is 1. The van der Waals surface area contributed by atoms with Crippen molar-refractivity contribution in [2.45, 2.75) is 6.92 Å². The molecule has 3 heterocycles. The van der Waals surface area contributed by atoms with Gasteiger partial charge in [0.2, 0.25) is 5.91 Å². The molecule has 0 saturated heterocycles. The summed E-state index contributed by atoms with van der Waals surface area (Å²) in [5, 5.41) is 15.9. The van der Waals surface area contributed by atoms with Gasteiger partial charge >= 0.3 is 0 Å². The van der Waals surface area contributed by atoms with Gasteiger partial charge in [-0.3, -0.25) is 9.78 Å². The minimum atomic E-state index is -0.170. The first-order valence-electron chi connectivity index (χ1n) is 8.41. The maximum Gasteiger partial charge on any atom is 0.248 e. The molecule has 1 aromatic carbocycles. The van der Waals surface area contributed by atoms with Gasteiger partial charge < -0.3 is 5.32 Å². The van der Waals surface area contributed by atoms with E-state index in [2.05, 4.69) is 25.6 Å². The Bertz CT molecular complexity index is 1130. The fourth-order valence-corrected chi connectivity index (χ4v) is 2.72. The van der Waals surface area contributed by atoms with Crippen molar-refractivity contribution in [1.82, 2.24) is 24.8 Å². The van der Waals surface area contributed by atoms with Crippen LogP contribution in [0.4, 0.5) is 5.69 Å². The van der Waals surface area contributed by atoms with Crippen molar-refractivity contribution in [3.63, 3.8) is 0 Å². The van der Waals surface area contributed by atoms with Crippen LogP contribution >= 0.6 is 0 Å². The predicted octanol–water partition coefficient (Wildman–Crippen LogP) is 3.37. The first-order valence-corrected chi connectivity index (χ1v) is 8.41. The number of hydrogen-bond acceptors (Lipinski definition) is 5. The van der Waals surface area contributed by atoms with E-state index in [1.807, 2.05) is 48.5 Å². The summed E-state index contributed by atoms with van der Waals surface area (Å²) in [5.41, 5.74) is 3.87. The number of amides is 1. The molecule has 1 amide bonds. The first-order chi connectivity index (χ1) is 13.2. The zero-order chi connectivity index (χ0) is 18.6. The molecule has 0 aliphatic rings. The maximum absolute atomic E-state index is 11.8. The Morgan fingerprint density at radius 1 is 1.04 bits per heavy atom. The highest BCUT2D eigenvalue weighted by Crippen LogP contribution is 2.23. The van der Waals surface area contributed by atoms with Crippen molar-refractivity contribution < 1.29 is 4.79 Å². The summed E-state index contributed by atoms with van der Waals surface area (Å²) in [6, 6.07) is 15.0. The summed E-state index contributed by atoms with van der Waals surface area (Å²) in [5.74, 6) is 0.476. The second-order valence-electron chi connectivity index (χ2n) is 5.82. The molecule has 4 aromatic rings. The molecule has 3 aromatic heterocycles. The van der Waals surface area contributed by atoms with E-state index < -0.39 is 0 Å². The minimum Gasteiger partial charge on any atom is -0.323 e. The van der Waals surface area contributed by atoms with Gasteiger partial charge in [-0.2, -0.15) is 9.61 Å². The molecule has 0 bridgehead atoms. The standard InChI is InChI=1S/C20H16N6O/c1-2-4-19(27)22-16-6-3-5-15(13-16)17-7-8-18-23-24-20(26(18)25-17)14-9-11-21-12-10-14/h2-13H,1H3,(H,22,27)/b4-2+. The lowest BCUT2D eigenvalue weighted by atomic mass is 10.1. The summed E-state index contributed by atoms with van der Waals surface area (Å²) in [6.45, 7) is 1.80. The second-order valence-corrected chi connectivity index (χ2v) is 5.82. The van der Waals surface area contributed by atoms with Crippen LogP contribution in [0.3, 0.4) is 0 Å². The van der Waals surface area contributed by atoms with Gasteiger partial charge in [-0.15, -0.1) is 10.2 Å². The summed E-state index contributed by atoms with van der Waals surface area (Å²) >= 11 is 0. The third kappa shape index (κ3) is 3.43. The lowest BCUT2D eigenvalue weighted by molar-refractivity contribution is -0.111. The number of anilines is 1.